The van der Waals surface area contributed by atoms with Crippen LogP contribution in [-0.4, -0.2) is 19.7 Å². The first-order valence-electron chi connectivity index (χ1n) is 8.35. The van der Waals surface area contributed by atoms with E-state index in [1.165, 1.54) is 30.0 Å². The highest BCUT2D eigenvalue weighted by atomic mass is 32.2. The van der Waals surface area contributed by atoms with Crippen LogP contribution in [0.4, 0.5) is 10.1 Å². The van der Waals surface area contributed by atoms with Crippen molar-refractivity contribution in [1.29, 1.82) is 0 Å². The quantitative estimate of drug-likeness (QED) is 0.229. The minimum atomic E-state index is -0.440. The minimum Gasteiger partial charge on any atom is -0.483 e. The Bertz CT molecular complexity index is 976. The SMILES string of the molecule is C=CCn1c(COc2ccccc2F)nnc1SCc1ccc([N+](=O)[O-])cc1. The number of para-hydroxylation sites is 1. The van der Waals surface area contributed by atoms with Crippen molar-refractivity contribution in [1.82, 2.24) is 14.8 Å². The maximum Gasteiger partial charge on any atom is 0.269 e. The Morgan fingerprint density at radius 3 is 2.64 bits per heavy atom. The van der Waals surface area contributed by atoms with E-state index in [1.54, 1.807) is 36.4 Å². The summed E-state index contributed by atoms with van der Waals surface area (Å²) < 4.78 is 21.1. The van der Waals surface area contributed by atoms with Crippen molar-refractivity contribution in [3.8, 4) is 5.75 Å². The van der Waals surface area contributed by atoms with Crippen molar-refractivity contribution in [2.45, 2.75) is 24.1 Å². The fourth-order valence-corrected chi connectivity index (χ4v) is 3.33. The number of nitro groups is 1. The van der Waals surface area contributed by atoms with Gasteiger partial charge in [-0.1, -0.05) is 42.1 Å². The summed E-state index contributed by atoms with van der Waals surface area (Å²) in [4.78, 5) is 10.3. The summed E-state index contributed by atoms with van der Waals surface area (Å²) >= 11 is 1.44. The molecule has 1 aromatic heterocycles. The summed E-state index contributed by atoms with van der Waals surface area (Å²) in [5.74, 6) is 0.830. The van der Waals surface area contributed by atoms with Gasteiger partial charge in [0.25, 0.3) is 5.69 Å². The molecular formula is C19H17FN4O3S. The topological polar surface area (TPSA) is 83.1 Å². The summed E-state index contributed by atoms with van der Waals surface area (Å²) in [6.45, 7) is 4.29. The van der Waals surface area contributed by atoms with E-state index < -0.39 is 10.7 Å². The zero-order valence-electron chi connectivity index (χ0n) is 14.8. The number of hydrogen-bond acceptors (Lipinski definition) is 6. The van der Waals surface area contributed by atoms with Gasteiger partial charge in [-0.05, 0) is 17.7 Å². The van der Waals surface area contributed by atoms with Crippen LogP contribution in [-0.2, 0) is 18.9 Å². The number of aromatic nitrogens is 3. The van der Waals surface area contributed by atoms with E-state index in [-0.39, 0.29) is 18.0 Å². The van der Waals surface area contributed by atoms with E-state index in [4.69, 9.17) is 4.74 Å². The number of benzene rings is 2. The fraction of sp³-hybridized carbons (Fsp3) is 0.158. The first kappa shape index (κ1) is 19.6. The third kappa shape index (κ3) is 4.74. The molecule has 0 amide bonds. The smallest absolute Gasteiger partial charge is 0.269 e. The molecule has 0 aliphatic heterocycles. The number of hydrogen-bond donors (Lipinski definition) is 0. The van der Waals surface area contributed by atoms with Crippen LogP contribution < -0.4 is 4.74 Å². The molecule has 0 saturated carbocycles. The third-order valence-corrected chi connectivity index (χ3v) is 4.85. The maximum atomic E-state index is 13.7. The molecule has 0 unspecified atom stereocenters. The molecule has 0 aliphatic rings. The number of non-ortho nitro benzene ring substituents is 1. The molecule has 0 aliphatic carbocycles. The Balaban J connectivity index is 1.68. The van der Waals surface area contributed by atoms with Gasteiger partial charge in [-0.2, -0.15) is 0 Å². The predicted molar refractivity (Wildman–Crippen MR) is 104 cm³/mol. The summed E-state index contributed by atoms with van der Waals surface area (Å²) in [5.41, 5.74) is 0.976. The molecule has 144 valence electrons. The molecule has 3 rings (SSSR count). The number of allylic oxidation sites excluding steroid dienone is 1. The second-order valence-electron chi connectivity index (χ2n) is 5.73. The number of rotatable bonds is 9. The minimum absolute atomic E-state index is 0.0520. The lowest BCUT2D eigenvalue weighted by Crippen LogP contribution is -2.08. The molecular weight excluding hydrogens is 383 g/mol. The molecule has 0 N–H and O–H groups in total. The second kappa shape index (κ2) is 9.14. The van der Waals surface area contributed by atoms with Crippen molar-refractivity contribution in [3.05, 3.63) is 88.5 Å². The average Bonchev–Trinajstić information content (AvgIpc) is 3.08. The normalized spacial score (nSPS) is 10.6. The van der Waals surface area contributed by atoms with Crippen molar-refractivity contribution in [3.63, 3.8) is 0 Å². The van der Waals surface area contributed by atoms with Crippen molar-refractivity contribution in [2.75, 3.05) is 0 Å². The zero-order valence-corrected chi connectivity index (χ0v) is 15.6. The van der Waals surface area contributed by atoms with Gasteiger partial charge in [0.2, 0.25) is 0 Å². The van der Waals surface area contributed by atoms with Crippen LogP contribution in [0.3, 0.4) is 0 Å². The molecule has 1 heterocycles. The van der Waals surface area contributed by atoms with Gasteiger partial charge in [0.1, 0.15) is 6.61 Å². The van der Waals surface area contributed by atoms with E-state index in [0.29, 0.717) is 23.3 Å². The van der Waals surface area contributed by atoms with Gasteiger partial charge < -0.3 is 4.74 Å². The first-order chi connectivity index (χ1) is 13.6. The Morgan fingerprint density at radius 2 is 1.96 bits per heavy atom. The van der Waals surface area contributed by atoms with Crippen molar-refractivity contribution < 1.29 is 14.1 Å². The van der Waals surface area contributed by atoms with Gasteiger partial charge in [0.05, 0.1) is 4.92 Å². The highest BCUT2D eigenvalue weighted by molar-refractivity contribution is 7.98. The number of nitrogens with zero attached hydrogens (tertiary/aromatic N) is 4. The van der Waals surface area contributed by atoms with Crippen molar-refractivity contribution in [2.24, 2.45) is 0 Å². The van der Waals surface area contributed by atoms with Crippen molar-refractivity contribution >= 4 is 17.4 Å². The van der Waals surface area contributed by atoms with Gasteiger partial charge in [-0.15, -0.1) is 16.8 Å². The van der Waals surface area contributed by atoms with Gasteiger partial charge in [-0.3, -0.25) is 14.7 Å². The molecule has 0 spiro atoms. The lowest BCUT2D eigenvalue weighted by molar-refractivity contribution is -0.384. The maximum absolute atomic E-state index is 13.7. The molecule has 2 aromatic carbocycles. The molecule has 0 bridgehead atoms. The highest BCUT2D eigenvalue weighted by Crippen LogP contribution is 2.24. The van der Waals surface area contributed by atoms with E-state index in [2.05, 4.69) is 16.8 Å². The molecule has 0 fully saturated rings. The summed E-state index contributed by atoms with van der Waals surface area (Å²) in [6, 6.07) is 12.5. The Kier molecular flexibility index (Phi) is 6.38. The van der Waals surface area contributed by atoms with Gasteiger partial charge >= 0.3 is 0 Å². The number of ether oxygens (including phenoxy) is 1. The van der Waals surface area contributed by atoms with Crippen LogP contribution in [0.15, 0.2) is 66.3 Å². The highest BCUT2D eigenvalue weighted by Gasteiger charge is 2.14. The Hall–Kier alpha value is -3.20. The molecule has 7 nitrogen and oxygen atoms in total. The van der Waals surface area contributed by atoms with E-state index >= 15 is 0 Å². The van der Waals surface area contributed by atoms with Crippen LogP contribution in [0.25, 0.3) is 0 Å². The number of thioether (sulfide) groups is 1. The summed E-state index contributed by atoms with van der Waals surface area (Å²) in [7, 11) is 0. The van der Waals surface area contributed by atoms with E-state index in [1.807, 2.05) is 4.57 Å². The van der Waals surface area contributed by atoms with Crippen LogP contribution in [0, 0.1) is 15.9 Å². The van der Waals surface area contributed by atoms with Crippen LogP contribution in [0.2, 0.25) is 0 Å². The number of halogens is 1. The van der Waals surface area contributed by atoms with Crippen LogP contribution in [0.1, 0.15) is 11.4 Å². The Morgan fingerprint density at radius 1 is 1.21 bits per heavy atom. The van der Waals surface area contributed by atoms with Gasteiger partial charge in [0.15, 0.2) is 22.5 Å². The molecule has 0 radical (unpaired) electrons. The molecule has 3 aromatic rings. The number of nitro benzene ring substituents is 1. The monoisotopic (exact) mass is 400 g/mol. The van der Waals surface area contributed by atoms with Gasteiger partial charge in [-0.25, -0.2) is 4.39 Å². The largest absolute Gasteiger partial charge is 0.483 e. The standard InChI is InChI=1S/C19H17FN4O3S/c1-2-11-23-18(12-27-17-6-4-3-5-16(17)20)21-22-19(23)28-13-14-7-9-15(10-8-14)24(25)26/h2-10H,1,11-13H2. The molecule has 0 atom stereocenters. The lowest BCUT2D eigenvalue weighted by Gasteiger charge is -2.09. The fourth-order valence-electron chi connectivity index (χ4n) is 2.41. The molecule has 0 saturated heterocycles. The first-order valence-corrected chi connectivity index (χ1v) is 9.33. The predicted octanol–water partition coefficient (Wildman–Crippen LogP) is 4.38. The molecule has 9 heteroatoms. The Labute approximate surface area is 165 Å². The van der Waals surface area contributed by atoms with E-state index in [9.17, 15) is 14.5 Å². The van der Waals surface area contributed by atoms with Crippen LogP contribution in [0.5, 0.6) is 5.75 Å². The zero-order chi connectivity index (χ0) is 19.9. The molecule has 28 heavy (non-hydrogen) atoms. The summed E-state index contributed by atoms with van der Waals surface area (Å²) in [5, 5.41) is 19.7. The average molecular weight is 400 g/mol. The second-order valence-corrected chi connectivity index (χ2v) is 6.67. The summed E-state index contributed by atoms with van der Waals surface area (Å²) in [6.07, 6.45) is 1.71. The van der Waals surface area contributed by atoms with E-state index in [0.717, 1.165) is 5.56 Å². The van der Waals surface area contributed by atoms with Crippen LogP contribution >= 0.6 is 11.8 Å². The third-order valence-electron chi connectivity index (χ3n) is 3.81. The van der Waals surface area contributed by atoms with Gasteiger partial charge in [0, 0.05) is 24.4 Å². The lowest BCUT2D eigenvalue weighted by atomic mass is 10.2.